The van der Waals surface area contributed by atoms with Crippen molar-refractivity contribution in [2.24, 2.45) is 11.7 Å². The summed E-state index contributed by atoms with van der Waals surface area (Å²) in [5, 5.41) is 0. The number of benzene rings is 1. The van der Waals surface area contributed by atoms with Gasteiger partial charge in [0.1, 0.15) is 0 Å². The van der Waals surface area contributed by atoms with Crippen LogP contribution in [0.15, 0.2) is 18.2 Å². The van der Waals surface area contributed by atoms with Gasteiger partial charge in [0, 0.05) is 0 Å². The Kier molecular flexibility index (Phi) is 2.60. The van der Waals surface area contributed by atoms with Gasteiger partial charge in [-0.25, -0.2) is 0 Å². The van der Waals surface area contributed by atoms with Crippen LogP contribution in [0, 0.1) is 12.8 Å². The maximum Gasteiger partial charge on any atom is -0.00713 e. The van der Waals surface area contributed by atoms with Crippen molar-refractivity contribution in [2.45, 2.75) is 32.6 Å². The fourth-order valence-electron chi connectivity index (χ4n) is 2.66. The first-order valence-corrected chi connectivity index (χ1v) is 5.52. The first-order valence-electron chi connectivity index (χ1n) is 5.52. The SMILES string of the molecule is Cc1ccc2c(c1)C(CCN)C(C)C2. The highest BCUT2D eigenvalue weighted by Gasteiger charge is 2.28. The molecule has 0 bridgehead atoms. The minimum atomic E-state index is 0.704. The summed E-state index contributed by atoms with van der Waals surface area (Å²) in [5.41, 5.74) is 10.1. The van der Waals surface area contributed by atoms with E-state index in [2.05, 4.69) is 32.0 Å². The van der Waals surface area contributed by atoms with Gasteiger partial charge in [-0.2, -0.15) is 0 Å². The molecule has 1 nitrogen and oxygen atoms in total. The van der Waals surface area contributed by atoms with Crippen molar-refractivity contribution in [2.75, 3.05) is 6.54 Å². The zero-order valence-corrected chi connectivity index (χ0v) is 9.09. The molecule has 1 aliphatic rings. The largest absolute Gasteiger partial charge is 0.330 e. The lowest BCUT2D eigenvalue weighted by Crippen LogP contribution is -2.10. The van der Waals surface area contributed by atoms with E-state index in [-0.39, 0.29) is 0 Å². The zero-order valence-electron chi connectivity index (χ0n) is 9.09. The quantitative estimate of drug-likeness (QED) is 0.760. The molecule has 0 fully saturated rings. The normalized spacial score (nSPS) is 25.1. The topological polar surface area (TPSA) is 26.0 Å². The zero-order chi connectivity index (χ0) is 10.1. The lowest BCUT2D eigenvalue weighted by atomic mass is 9.90. The van der Waals surface area contributed by atoms with Gasteiger partial charge in [-0.15, -0.1) is 0 Å². The Morgan fingerprint density at radius 1 is 1.43 bits per heavy atom. The average Bonchev–Trinajstić information content (AvgIpc) is 2.45. The molecule has 14 heavy (non-hydrogen) atoms. The van der Waals surface area contributed by atoms with E-state index in [0.717, 1.165) is 18.9 Å². The predicted octanol–water partition coefficient (Wildman–Crippen LogP) is 2.62. The Morgan fingerprint density at radius 3 is 2.93 bits per heavy atom. The summed E-state index contributed by atoms with van der Waals surface area (Å²) in [5.74, 6) is 1.48. The number of hydrogen-bond donors (Lipinski definition) is 1. The van der Waals surface area contributed by atoms with E-state index in [4.69, 9.17) is 5.73 Å². The van der Waals surface area contributed by atoms with Gasteiger partial charge in [0.05, 0.1) is 0 Å². The van der Waals surface area contributed by atoms with Gasteiger partial charge >= 0.3 is 0 Å². The van der Waals surface area contributed by atoms with Crippen molar-refractivity contribution >= 4 is 0 Å². The monoisotopic (exact) mass is 189 g/mol. The maximum absolute atomic E-state index is 5.67. The summed E-state index contributed by atoms with van der Waals surface area (Å²) in [6.45, 7) is 5.32. The number of nitrogens with two attached hydrogens (primary N) is 1. The second kappa shape index (κ2) is 3.74. The fourth-order valence-corrected chi connectivity index (χ4v) is 2.66. The minimum absolute atomic E-state index is 0.704. The molecule has 1 aliphatic carbocycles. The van der Waals surface area contributed by atoms with Crippen LogP contribution in [0.5, 0.6) is 0 Å². The number of fused-ring (bicyclic) bond motifs is 1. The molecule has 0 amide bonds. The molecule has 0 aliphatic heterocycles. The molecule has 0 spiro atoms. The first-order chi connectivity index (χ1) is 6.72. The van der Waals surface area contributed by atoms with Crippen LogP contribution in [-0.4, -0.2) is 6.54 Å². The number of hydrogen-bond acceptors (Lipinski definition) is 1. The van der Waals surface area contributed by atoms with Gasteiger partial charge in [-0.3, -0.25) is 0 Å². The Hall–Kier alpha value is -0.820. The van der Waals surface area contributed by atoms with Crippen LogP contribution in [0.2, 0.25) is 0 Å². The molecule has 2 N–H and O–H groups in total. The fraction of sp³-hybridized carbons (Fsp3) is 0.538. The van der Waals surface area contributed by atoms with E-state index in [0.29, 0.717) is 5.92 Å². The van der Waals surface area contributed by atoms with Crippen molar-refractivity contribution in [3.63, 3.8) is 0 Å². The molecule has 2 atom stereocenters. The van der Waals surface area contributed by atoms with Crippen molar-refractivity contribution < 1.29 is 0 Å². The Balaban J connectivity index is 2.34. The molecular weight excluding hydrogens is 170 g/mol. The second-order valence-electron chi connectivity index (χ2n) is 4.57. The van der Waals surface area contributed by atoms with Gasteiger partial charge in [-0.1, -0.05) is 30.7 Å². The molecule has 2 rings (SSSR count). The third-order valence-electron chi connectivity index (χ3n) is 3.41. The predicted molar refractivity (Wildman–Crippen MR) is 60.5 cm³/mol. The average molecular weight is 189 g/mol. The van der Waals surface area contributed by atoms with Gasteiger partial charge < -0.3 is 5.73 Å². The molecule has 1 aromatic carbocycles. The summed E-state index contributed by atoms with van der Waals surface area (Å²) >= 11 is 0. The lowest BCUT2D eigenvalue weighted by Gasteiger charge is -2.15. The highest BCUT2D eigenvalue weighted by Crippen LogP contribution is 2.39. The van der Waals surface area contributed by atoms with E-state index < -0.39 is 0 Å². The Labute approximate surface area is 86.3 Å². The van der Waals surface area contributed by atoms with Crippen LogP contribution in [0.1, 0.15) is 36.0 Å². The van der Waals surface area contributed by atoms with E-state index in [1.807, 2.05) is 0 Å². The van der Waals surface area contributed by atoms with Crippen molar-refractivity contribution in [3.8, 4) is 0 Å². The molecular formula is C13H19N. The molecule has 1 aromatic rings. The van der Waals surface area contributed by atoms with Crippen molar-refractivity contribution in [3.05, 3.63) is 34.9 Å². The van der Waals surface area contributed by atoms with Crippen LogP contribution in [-0.2, 0) is 6.42 Å². The highest BCUT2D eigenvalue weighted by molar-refractivity contribution is 5.38. The van der Waals surface area contributed by atoms with Gasteiger partial charge in [0.15, 0.2) is 0 Å². The Morgan fingerprint density at radius 2 is 2.21 bits per heavy atom. The van der Waals surface area contributed by atoms with Gasteiger partial charge in [0.2, 0.25) is 0 Å². The molecule has 0 radical (unpaired) electrons. The molecule has 76 valence electrons. The van der Waals surface area contributed by atoms with E-state index >= 15 is 0 Å². The highest BCUT2D eigenvalue weighted by atomic mass is 14.5. The molecule has 0 saturated heterocycles. The number of aryl methyl sites for hydroxylation is 1. The summed E-state index contributed by atoms with van der Waals surface area (Å²) in [4.78, 5) is 0. The van der Waals surface area contributed by atoms with Gasteiger partial charge in [-0.05, 0) is 49.3 Å². The van der Waals surface area contributed by atoms with Crippen LogP contribution >= 0.6 is 0 Å². The smallest absolute Gasteiger partial charge is 0.00713 e. The first kappa shape index (κ1) is 9.72. The van der Waals surface area contributed by atoms with Crippen LogP contribution in [0.3, 0.4) is 0 Å². The molecule has 1 heteroatoms. The minimum Gasteiger partial charge on any atom is -0.330 e. The standard InChI is InChI=1S/C13H19N/c1-9-3-4-11-8-10(2)12(5-6-14)13(11)7-9/h3-4,7,10,12H,5-6,8,14H2,1-2H3. The van der Waals surface area contributed by atoms with E-state index in [1.54, 1.807) is 11.1 Å². The molecule has 0 saturated carbocycles. The van der Waals surface area contributed by atoms with E-state index in [9.17, 15) is 0 Å². The summed E-state index contributed by atoms with van der Waals surface area (Å²) in [7, 11) is 0. The van der Waals surface area contributed by atoms with Crippen LogP contribution in [0.25, 0.3) is 0 Å². The van der Waals surface area contributed by atoms with Crippen molar-refractivity contribution in [1.29, 1.82) is 0 Å². The summed E-state index contributed by atoms with van der Waals surface area (Å²) in [6, 6.07) is 6.85. The van der Waals surface area contributed by atoms with Crippen LogP contribution in [0.4, 0.5) is 0 Å². The van der Waals surface area contributed by atoms with Crippen LogP contribution < -0.4 is 5.73 Å². The van der Waals surface area contributed by atoms with Gasteiger partial charge in [0.25, 0.3) is 0 Å². The third kappa shape index (κ3) is 1.57. The van der Waals surface area contributed by atoms with E-state index in [1.165, 1.54) is 12.0 Å². The number of rotatable bonds is 2. The summed E-state index contributed by atoms with van der Waals surface area (Å²) < 4.78 is 0. The molecule has 0 heterocycles. The maximum atomic E-state index is 5.67. The Bertz CT molecular complexity index is 330. The second-order valence-corrected chi connectivity index (χ2v) is 4.57. The molecule has 2 unspecified atom stereocenters. The molecule has 0 aromatic heterocycles. The lowest BCUT2D eigenvalue weighted by molar-refractivity contribution is 0.475. The summed E-state index contributed by atoms with van der Waals surface area (Å²) in [6.07, 6.45) is 2.37. The third-order valence-corrected chi connectivity index (χ3v) is 3.41. The van der Waals surface area contributed by atoms with Crippen molar-refractivity contribution in [1.82, 2.24) is 0 Å².